The van der Waals surface area contributed by atoms with Gasteiger partial charge in [0, 0.05) is 77.7 Å². The number of benzene rings is 3. The van der Waals surface area contributed by atoms with Gasteiger partial charge in [-0.1, -0.05) is 67.2 Å². The zero-order valence-electron chi connectivity index (χ0n) is 36.8. The molecule has 4 atom stereocenters. The molecule has 3 aromatic carbocycles. The number of amides is 5. The highest BCUT2D eigenvalue weighted by Gasteiger charge is 2.69. The number of nitrogens with one attached hydrogen (secondary N) is 6. The Morgan fingerprint density at radius 1 is 0.781 bits per heavy atom. The third-order valence-corrected chi connectivity index (χ3v) is 13.7. The van der Waals surface area contributed by atoms with Crippen LogP contribution in [-0.4, -0.2) is 111 Å². The lowest BCUT2D eigenvalue weighted by Crippen LogP contribution is -2.55. The van der Waals surface area contributed by atoms with E-state index >= 15 is 0 Å². The molecule has 4 aliphatic heterocycles. The molecular weight excluding hydrogens is 815 g/mol. The maximum atomic E-state index is 14.2. The van der Waals surface area contributed by atoms with Crippen LogP contribution in [0.15, 0.2) is 79.4 Å². The Hall–Kier alpha value is -5.61. The summed E-state index contributed by atoms with van der Waals surface area (Å²) in [5.74, 6) is -1.30. The molecule has 5 amide bonds. The average molecular weight is 876 g/mol. The Morgan fingerprint density at radius 2 is 1.47 bits per heavy atom. The number of ether oxygens (including phenoxy) is 3. The monoisotopic (exact) mass is 875 g/mol. The Kier molecular flexibility index (Phi) is 13.8. The van der Waals surface area contributed by atoms with Gasteiger partial charge in [-0.15, -0.1) is 0 Å². The molecule has 64 heavy (non-hydrogen) atoms. The lowest BCUT2D eigenvalue weighted by molar-refractivity contribution is -0.136. The van der Waals surface area contributed by atoms with E-state index in [0.717, 1.165) is 39.3 Å². The number of hydrogen-bond donors (Lipinski definition) is 6. The third kappa shape index (κ3) is 9.03. The summed E-state index contributed by atoms with van der Waals surface area (Å²) >= 11 is 0. The summed E-state index contributed by atoms with van der Waals surface area (Å²) in [5, 5.41) is 18.9. The fourth-order valence-electron chi connectivity index (χ4n) is 10.6. The summed E-state index contributed by atoms with van der Waals surface area (Å²) in [5.41, 5.74) is 4.72. The molecule has 340 valence electrons. The van der Waals surface area contributed by atoms with Crippen LogP contribution in [0, 0.1) is 5.92 Å². The van der Waals surface area contributed by atoms with Crippen LogP contribution >= 0.6 is 0 Å². The van der Waals surface area contributed by atoms with Crippen LogP contribution in [0.2, 0.25) is 0 Å². The molecule has 15 heteroatoms. The molecule has 8 rings (SSSR count). The van der Waals surface area contributed by atoms with Crippen molar-refractivity contribution in [2.45, 2.75) is 93.9 Å². The minimum atomic E-state index is -0.995. The zero-order chi connectivity index (χ0) is 44.8. The molecular formula is C49H61N7O8. The third-order valence-electron chi connectivity index (χ3n) is 13.7. The van der Waals surface area contributed by atoms with E-state index in [9.17, 15) is 24.0 Å². The summed E-state index contributed by atoms with van der Waals surface area (Å²) < 4.78 is 17.1. The molecule has 15 nitrogen and oxygen atoms in total. The number of nitrogens with zero attached hydrogens (tertiary/aromatic N) is 1. The van der Waals surface area contributed by atoms with Crippen molar-refractivity contribution in [3.05, 3.63) is 102 Å². The van der Waals surface area contributed by atoms with Crippen LogP contribution < -0.4 is 31.9 Å². The molecule has 3 fully saturated rings. The predicted octanol–water partition coefficient (Wildman–Crippen LogP) is 3.96. The van der Waals surface area contributed by atoms with Crippen molar-refractivity contribution in [1.29, 1.82) is 0 Å². The quantitative estimate of drug-likeness (QED) is 0.0803. The van der Waals surface area contributed by atoms with Gasteiger partial charge in [0.15, 0.2) is 0 Å². The van der Waals surface area contributed by atoms with Crippen LogP contribution in [0.1, 0.15) is 80.5 Å². The number of imide groups is 1. The molecule has 6 N–H and O–H groups in total. The fourth-order valence-corrected chi connectivity index (χ4v) is 10.6. The van der Waals surface area contributed by atoms with Gasteiger partial charge in [-0.05, 0) is 69.2 Å². The number of anilines is 2. The maximum Gasteiger partial charge on any atom is 0.249 e. The molecule has 4 heterocycles. The first-order valence-corrected chi connectivity index (χ1v) is 22.7. The average Bonchev–Trinajstić information content (AvgIpc) is 3.88. The van der Waals surface area contributed by atoms with Crippen LogP contribution in [0.25, 0.3) is 5.70 Å². The molecule has 1 unspecified atom stereocenters. The normalized spacial score (nSPS) is 25.7. The van der Waals surface area contributed by atoms with E-state index in [4.69, 9.17) is 14.2 Å². The molecule has 0 aromatic heterocycles. The van der Waals surface area contributed by atoms with E-state index in [-0.39, 0.29) is 41.5 Å². The van der Waals surface area contributed by atoms with Gasteiger partial charge in [0.1, 0.15) is 11.5 Å². The van der Waals surface area contributed by atoms with Crippen molar-refractivity contribution in [3.8, 4) is 0 Å². The molecule has 3 aromatic rings. The van der Waals surface area contributed by atoms with Crippen molar-refractivity contribution in [1.82, 2.24) is 26.2 Å². The van der Waals surface area contributed by atoms with E-state index in [0.29, 0.717) is 97.8 Å². The smallest absolute Gasteiger partial charge is 0.249 e. The fraction of sp³-hybridized carbons (Fsp3) is 0.490. The first-order valence-electron chi connectivity index (χ1n) is 22.7. The predicted molar refractivity (Wildman–Crippen MR) is 242 cm³/mol. The standard InChI is InChI=1S/C49H61N7O8/c1-31-35-12-9-15-38(36(35)30-56(31)40-20-21-41(57)54-45(40)59)50-22-24-62-26-28-64-29-27-63-25-23-51-44(58)33-16-18-34(19-17-33)52-46(60)43-42(32-10-5-4-6-11-32)49(48(2,3)55-43)37-13-7-8-14-39(37)53-47(49)61/h4-15,33-34,40,42-43,50,55H,1,16-30H2,2-3H3,(H,51,58)(H,52,60)(H,53,61)(H,54,57,59)/t33?,34?,40?,42-,43+,49+/m0/s1. The number of rotatable bonds is 18. The van der Waals surface area contributed by atoms with Crippen molar-refractivity contribution >= 4 is 46.6 Å². The number of para-hydroxylation sites is 1. The number of carbonyl (C=O) groups excluding carboxylic acids is 5. The molecule has 1 spiro atoms. The van der Waals surface area contributed by atoms with E-state index in [2.05, 4.69) is 38.5 Å². The Bertz CT molecular complexity index is 2230. The van der Waals surface area contributed by atoms with E-state index < -0.39 is 29.0 Å². The van der Waals surface area contributed by atoms with Crippen LogP contribution in [0.4, 0.5) is 11.4 Å². The van der Waals surface area contributed by atoms with Gasteiger partial charge in [0.25, 0.3) is 0 Å². The van der Waals surface area contributed by atoms with E-state index in [1.54, 1.807) is 0 Å². The number of piperidine rings is 1. The molecule has 1 aliphatic carbocycles. The second-order valence-electron chi connectivity index (χ2n) is 17.9. The van der Waals surface area contributed by atoms with Gasteiger partial charge >= 0.3 is 0 Å². The van der Waals surface area contributed by atoms with Gasteiger partial charge in [-0.25, -0.2) is 0 Å². The SMILES string of the molecule is C=C1c2cccc(NCCOCCOCCOCCNC(=O)C3CCC(NC(=O)[C@@H]4NC(C)(C)[C@@]5(C(=O)Nc6ccccc65)[C@H]4c4ccccc4)CC3)c2CN1C1CCC(=O)NC1=O. The largest absolute Gasteiger partial charge is 0.382 e. The molecule has 0 bridgehead atoms. The lowest BCUT2D eigenvalue weighted by Gasteiger charge is -2.40. The first-order chi connectivity index (χ1) is 31.0. The Labute approximate surface area is 374 Å². The topological polar surface area (TPSA) is 188 Å². The van der Waals surface area contributed by atoms with Gasteiger partial charge in [-0.3, -0.25) is 34.6 Å². The summed E-state index contributed by atoms with van der Waals surface area (Å²) in [6.45, 7) is 12.4. The highest BCUT2D eigenvalue weighted by Crippen LogP contribution is 2.58. The van der Waals surface area contributed by atoms with Gasteiger partial charge in [-0.2, -0.15) is 0 Å². The summed E-state index contributed by atoms with van der Waals surface area (Å²) in [6, 6.07) is 22.5. The van der Waals surface area contributed by atoms with Gasteiger partial charge < -0.3 is 40.4 Å². The zero-order valence-corrected chi connectivity index (χ0v) is 36.8. The Morgan fingerprint density at radius 3 is 2.20 bits per heavy atom. The van der Waals surface area contributed by atoms with Crippen LogP contribution in [-0.2, 0) is 50.1 Å². The van der Waals surface area contributed by atoms with Crippen molar-refractivity contribution in [3.63, 3.8) is 0 Å². The van der Waals surface area contributed by atoms with E-state index in [1.807, 2.05) is 91.5 Å². The minimum absolute atomic E-state index is 0.00349. The summed E-state index contributed by atoms with van der Waals surface area (Å²) in [7, 11) is 0. The summed E-state index contributed by atoms with van der Waals surface area (Å²) in [4.78, 5) is 67.4. The van der Waals surface area contributed by atoms with Crippen LogP contribution in [0.3, 0.4) is 0 Å². The van der Waals surface area contributed by atoms with Crippen molar-refractivity contribution in [2.24, 2.45) is 5.92 Å². The molecule has 5 aliphatic rings. The second kappa shape index (κ2) is 19.6. The highest BCUT2D eigenvalue weighted by atomic mass is 16.5. The lowest BCUT2D eigenvalue weighted by atomic mass is 9.60. The maximum absolute atomic E-state index is 14.2. The van der Waals surface area contributed by atoms with Crippen molar-refractivity contribution in [2.75, 3.05) is 63.4 Å². The van der Waals surface area contributed by atoms with Gasteiger partial charge in [0.2, 0.25) is 29.5 Å². The molecule has 1 saturated carbocycles. The highest BCUT2D eigenvalue weighted by molar-refractivity contribution is 6.10. The number of hydrogen-bond acceptors (Lipinski definition) is 11. The van der Waals surface area contributed by atoms with E-state index in [1.165, 1.54) is 0 Å². The van der Waals surface area contributed by atoms with Gasteiger partial charge in [0.05, 0.1) is 45.7 Å². The number of fused-ring (bicyclic) bond motifs is 3. The second-order valence-corrected chi connectivity index (χ2v) is 17.9. The Balaban J connectivity index is 0.685. The molecule has 0 radical (unpaired) electrons. The minimum Gasteiger partial charge on any atom is -0.382 e. The van der Waals surface area contributed by atoms with Crippen molar-refractivity contribution < 1.29 is 38.2 Å². The summed E-state index contributed by atoms with van der Waals surface area (Å²) in [6.07, 6.45) is 3.53. The molecule has 2 saturated heterocycles. The first kappa shape index (κ1) is 45.0. The van der Waals surface area contributed by atoms with Crippen LogP contribution in [0.5, 0.6) is 0 Å². The number of carbonyl (C=O) groups is 5.